The molecule has 0 amide bonds. The van der Waals surface area contributed by atoms with Crippen molar-refractivity contribution in [1.82, 2.24) is 0 Å². The largest absolute Gasteiger partial charge is 0.377 e. The van der Waals surface area contributed by atoms with Crippen LogP contribution in [0.25, 0.3) is 10.8 Å². The summed E-state index contributed by atoms with van der Waals surface area (Å²) < 4.78 is 64.5. The summed E-state index contributed by atoms with van der Waals surface area (Å²) in [5, 5.41) is 0.588. The Balaban J connectivity index is 2.21. The molecule has 3 aromatic carbocycles. The van der Waals surface area contributed by atoms with E-state index < -0.39 is 30.9 Å². The molecule has 0 heterocycles. The summed E-state index contributed by atoms with van der Waals surface area (Å²) >= 11 is 0. The van der Waals surface area contributed by atoms with Gasteiger partial charge in [-0.2, -0.15) is 16.8 Å². The fraction of sp³-hybridized carbons (Fsp3) is 0. The maximum absolute atomic E-state index is 12.3. The first-order chi connectivity index (χ1) is 11.3. The van der Waals surface area contributed by atoms with Crippen LogP contribution >= 0.6 is 0 Å². The third-order valence-electron chi connectivity index (χ3n) is 3.32. The van der Waals surface area contributed by atoms with E-state index in [2.05, 4.69) is 0 Å². The Morgan fingerprint density at radius 2 is 1.33 bits per heavy atom. The lowest BCUT2D eigenvalue weighted by Crippen LogP contribution is -2.12. The molecule has 8 heteroatoms. The van der Waals surface area contributed by atoms with E-state index in [0.29, 0.717) is 5.39 Å². The predicted molar refractivity (Wildman–Crippen MR) is 86.1 cm³/mol. The Bertz CT molecular complexity index is 1100. The first kappa shape index (κ1) is 16.4. The number of rotatable bonds is 4. The van der Waals surface area contributed by atoms with E-state index >= 15 is 0 Å². The van der Waals surface area contributed by atoms with Gasteiger partial charge in [0.2, 0.25) is 0 Å². The van der Waals surface area contributed by atoms with Crippen molar-refractivity contribution in [2.24, 2.45) is 0 Å². The summed E-state index contributed by atoms with van der Waals surface area (Å²) in [6.45, 7) is 0. The maximum atomic E-state index is 12.3. The average Bonchev–Trinajstić information content (AvgIpc) is 2.54. The highest BCUT2D eigenvalue weighted by atomic mass is 32.2. The Morgan fingerprint density at radius 3 is 2.00 bits per heavy atom. The Hall–Kier alpha value is -2.42. The third kappa shape index (κ3) is 3.12. The van der Waals surface area contributed by atoms with Gasteiger partial charge < -0.3 is 4.18 Å². The van der Waals surface area contributed by atoms with Crippen LogP contribution < -0.4 is 4.18 Å². The monoisotopic (exact) mass is 363 g/mol. The second-order valence-corrected chi connectivity index (χ2v) is 7.78. The van der Waals surface area contributed by atoms with E-state index in [1.54, 1.807) is 24.3 Å². The van der Waals surface area contributed by atoms with Crippen LogP contribution in [0.3, 0.4) is 0 Å². The second kappa shape index (κ2) is 5.90. The van der Waals surface area contributed by atoms with Crippen molar-refractivity contribution in [1.29, 1.82) is 0 Å². The summed E-state index contributed by atoms with van der Waals surface area (Å²) in [6.07, 6.45) is 0. The minimum atomic E-state index is -4.95. The minimum Gasteiger partial charge on any atom is -0.377 e. The molecule has 0 aliphatic carbocycles. The first-order valence-electron chi connectivity index (χ1n) is 6.76. The van der Waals surface area contributed by atoms with Crippen molar-refractivity contribution in [2.75, 3.05) is 0 Å². The molecule has 0 fully saturated rings. The molecule has 0 aliphatic rings. The molecule has 0 spiro atoms. The molecule has 1 radical (unpaired) electrons. The molecule has 0 N–H and O–H groups in total. The summed E-state index contributed by atoms with van der Waals surface area (Å²) in [4.78, 5) is -0.840. The lowest BCUT2D eigenvalue weighted by molar-refractivity contribution is 0.411. The molecule has 0 unspecified atom stereocenters. The van der Waals surface area contributed by atoms with Gasteiger partial charge in [0.05, 0.1) is 0 Å². The molecule has 0 aromatic heterocycles. The highest BCUT2D eigenvalue weighted by molar-refractivity contribution is 7.87. The van der Waals surface area contributed by atoms with Gasteiger partial charge in [-0.15, -0.1) is 0 Å². The topological polar surface area (TPSA) is 97.4 Å². The standard InChI is InChI=1S/C16H11O6S2/c17-23(18,19)16-14-9-5-4-6-12(14)10-11-15(16)22-24(20,21)13-7-2-1-3-8-13/h1-11H. The van der Waals surface area contributed by atoms with E-state index in [-0.39, 0.29) is 10.3 Å². The summed E-state index contributed by atoms with van der Waals surface area (Å²) in [5.74, 6) is -0.521. The van der Waals surface area contributed by atoms with Crippen molar-refractivity contribution < 1.29 is 25.6 Å². The summed E-state index contributed by atoms with van der Waals surface area (Å²) in [7, 11) is -9.22. The average molecular weight is 363 g/mol. The molecule has 0 saturated heterocycles. The smallest absolute Gasteiger partial charge is 0.339 e. The van der Waals surface area contributed by atoms with Crippen LogP contribution in [0.5, 0.6) is 5.75 Å². The van der Waals surface area contributed by atoms with Gasteiger partial charge in [-0.05, 0) is 23.6 Å². The number of benzene rings is 3. The maximum Gasteiger partial charge on any atom is 0.339 e. The Kier molecular flexibility index (Phi) is 4.04. The van der Waals surface area contributed by atoms with Crippen LogP contribution in [0.1, 0.15) is 0 Å². The van der Waals surface area contributed by atoms with Crippen LogP contribution in [0.2, 0.25) is 0 Å². The molecule has 123 valence electrons. The van der Waals surface area contributed by atoms with E-state index in [4.69, 9.17) is 4.18 Å². The third-order valence-corrected chi connectivity index (χ3v) is 5.49. The van der Waals surface area contributed by atoms with Gasteiger partial charge in [0.15, 0.2) is 5.75 Å². The van der Waals surface area contributed by atoms with Gasteiger partial charge in [-0.1, -0.05) is 53.1 Å². The molecule has 24 heavy (non-hydrogen) atoms. The molecular formula is C16H11O6S2. The lowest BCUT2D eigenvalue weighted by atomic mass is 10.1. The predicted octanol–water partition coefficient (Wildman–Crippen LogP) is 2.73. The molecule has 3 rings (SSSR count). The Labute approximate surface area is 139 Å². The van der Waals surface area contributed by atoms with Gasteiger partial charge in [-0.25, -0.2) is 0 Å². The van der Waals surface area contributed by atoms with Crippen LogP contribution in [0.4, 0.5) is 0 Å². The number of hydrogen-bond donors (Lipinski definition) is 0. The normalized spacial score (nSPS) is 12.2. The number of hydrogen-bond acceptors (Lipinski definition) is 5. The molecular weight excluding hydrogens is 352 g/mol. The summed E-state index contributed by atoms with van der Waals surface area (Å²) in [6, 6.07) is 16.1. The van der Waals surface area contributed by atoms with Crippen molar-refractivity contribution in [2.45, 2.75) is 9.79 Å². The second-order valence-electron chi connectivity index (χ2n) is 4.92. The highest BCUT2D eigenvalue weighted by Crippen LogP contribution is 2.34. The van der Waals surface area contributed by atoms with Gasteiger partial charge in [0.1, 0.15) is 9.79 Å². The molecule has 0 atom stereocenters. The minimum absolute atomic E-state index is 0.105. The van der Waals surface area contributed by atoms with Crippen LogP contribution in [-0.4, -0.2) is 16.8 Å². The first-order valence-corrected chi connectivity index (χ1v) is 9.58. The zero-order chi connectivity index (χ0) is 17.4. The van der Waals surface area contributed by atoms with Crippen LogP contribution in [0, 0.1) is 0 Å². The van der Waals surface area contributed by atoms with Gasteiger partial charge in [0, 0.05) is 5.39 Å². The van der Waals surface area contributed by atoms with Gasteiger partial charge in [-0.3, -0.25) is 0 Å². The van der Waals surface area contributed by atoms with E-state index in [1.165, 1.54) is 36.4 Å². The zero-order valence-corrected chi connectivity index (χ0v) is 13.7. The van der Waals surface area contributed by atoms with Crippen molar-refractivity contribution in [3.05, 3.63) is 66.7 Å². The highest BCUT2D eigenvalue weighted by Gasteiger charge is 2.26. The molecule has 0 saturated carbocycles. The van der Waals surface area contributed by atoms with Crippen LogP contribution in [0.15, 0.2) is 76.5 Å². The van der Waals surface area contributed by atoms with E-state index in [0.717, 1.165) is 6.07 Å². The fourth-order valence-corrected chi connectivity index (χ4v) is 4.13. The quantitative estimate of drug-likeness (QED) is 0.664. The van der Waals surface area contributed by atoms with E-state index in [9.17, 15) is 21.4 Å². The molecule has 0 aliphatic heterocycles. The number of fused-ring (bicyclic) bond motifs is 1. The van der Waals surface area contributed by atoms with Crippen LogP contribution in [-0.2, 0) is 24.8 Å². The van der Waals surface area contributed by atoms with Crippen molar-refractivity contribution in [3.63, 3.8) is 0 Å². The molecule has 0 bridgehead atoms. The lowest BCUT2D eigenvalue weighted by Gasteiger charge is -2.11. The zero-order valence-electron chi connectivity index (χ0n) is 12.1. The van der Waals surface area contributed by atoms with Crippen molar-refractivity contribution in [3.8, 4) is 5.75 Å². The van der Waals surface area contributed by atoms with Crippen molar-refractivity contribution >= 4 is 31.0 Å². The SMILES string of the molecule is [O]S(=O)(=O)c1c(OS(=O)(=O)c2ccccc2)ccc2ccccc12. The van der Waals surface area contributed by atoms with Gasteiger partial charge in [0.25, 0.3) is 0 Å². The molecule has 6 nitrogen and oxygen atoms in total. The van der Waals surface area contributed by atoms with E-state index in [1.807, 2.05) is 0 Å². The summed E-state index contributed by atoms with van der Waals surface area (Å²) in [5.41, 5.74) is 0. The van der Waals surface area contributed by atoms with Gasteiger partial charge >= 0.3 is 20.2 Å². The Morgan fingerprint density at radius 1 is 0.708 bits per heavy atom. The molecule has 3 aromatic rings. The fourth-order valence-electron chi connectivity index (χ4n) is 2.30.